The highest BCUT2D eigenvalue weighted by molar-refractivity contribution is 5.24. The van der Waals surface area contributed by atoms with Crippen LogP contribution < -0.4 is 0 Å². The maximum Gasteiger partial charge on any atom is 0.0518 e. The lowest BCUT2D eigenvalue weighted by atomic mass is 9.66. The Kier molecular flexibility index (Phi) is 3.74. The Hall–Kier alpha value is -0.330. The Morgan fingerprint density at radius 2 is 2.00 bits per heavy atom. The third kappa shape index (κ3) is 2.37. The fourth-order valence-electron chi connectivity index (χ4n) is 2.65. The van der Waals surface area contributed by atoms with E-state index in [4.69, 9.17) is 0 Å². The normalized spacial score (nSPS) is 34.1. The van der Waals surface area contributed by atoms with E-state index in [-0.39, 0.29) is 0 Å². The van der Waals surface area contributed by atoms with Crippen LogP contribution in [0, 0.1) is 17.3 Å². The Morgan fingerprint density at radius 1 is 1.36 bits per heavy atom. The molecule has 1 saturated carbocycles. The van der Waals surface area contributed by atoms with Gasteiger partial charge in [0.15, 0.2) is 0 Å². The maximum atomic E-state index is 4.22. The second-order valence-corrected chi connectivity index (χ2v) is 5.58. The standard InChI is InChI=1S/C13H25N/c1-6-13(3,4)11-7-8-12(14-5)10(2)9-11/h10-12H,5-9H2,1-4H3. The molecule has 0 heterocycles. The summed E-state index contributed by atoms with van der Waals surface area (Å²) >= 11 is 0. The van der Waals surface area contributed by atoms with Crippen LogP contribution >= 0.6 is 0 Å². The molecule has 0 aliphatic heterocycles. The summed E-state index contributed by atoms with van der Waals surface area (Å²) in [6.45, 7) is 13.1. The molecule has 1 fully saturated rings. The summed E-state index contributed by atoms with van der Waals surface area (Å²) in [5.41, 5.74) is 0.514. The molecule has 0 aromatic rings. The molecule has 1 rings (SSSR count). The average molecular weight is 195 g/mol. The highest BCUT2D eigenvalue weighted by Gasteiger charge is 2.34. The summed E-state index contributed by atoms with van der Waals surface area (Å²) in [5.74, 6) is 1.62. The Bertz CT molecular complexity index is 195. The van der Waals surface area contributed by atoms with Crippen LogP contribution in [0.3, 0.4) is 0 Å². The van der Waals surface area contributed by atoms with Crippen LogP contribution in [-0.2, 0) is 0 Å². The third-order valence-electron chi connectivity index (χ3n) is 4.37. The van der Waals surface area contributed by atoms with E-state index in [1.807, 2.05) is 0 Å². The van der Waals surface area contributed by atoms with Crippen LogP contribution in [0.4, 0.5) is 0 Å². The minimum Gasteiger partial charge on any atom is -0.297 e. The first-order valence-electron chi connectivity index (χ1n) is 5.97. The summed E-state index contributed by atoms with van der Waals surface area (Å²) in [4.78, 5) is 4.22. The molecule has 0 aromatic carbocycles. The van der Waals surface area contributed by atoms with E-state index in [1.54, 1.807) is 0 Å². The molecule has 1 heteroatoms. The first kappa shape index (κ1) is 11.7. The van der Waals surface area contributed by atoms with Crippen molar-refractivity contribution in [1.29, 1.82) is 0 Å². The molecular weight excluding hydrogens is 170 g/mol. The van der Waals surface area contributed by atoms with Crippen LogP contribution in [0.5, 0.6) is 0 Å². The molecule has 0 saturated heterocycles. The predicted molar refractivity (Wildman–Crippen MR) is 63.9 cm³/mol. The van der Waals surface area contributed by atoms with Crippen molar-refractivity contribution in [1.82, 2.24) is 0 Å². The maximum absolute atomic E-state index is 4.22. The molecule has 14 heavy (non-hydrogen) atoms. The van der Waals surface area contributed by atoms with E-state index < -0.39 is 0 Å². The molecular formula is C13H25N. The minimum atomic E-state index is 0.514. The monoisotopic (exact) mass is 195 g/mol. The molecule has 3 atom stereocenters. The number of rotatable bonds is 3. The zero-order valence-electron chi connectivity index (χ0n) is 10.2. The van der Waals surface area contributed by atoms with Gasteiger partial charge in [-0.2, -0.15) is 0 Å². The lowest BCUT2D eigenvalue weighted by molar-refractivity contribution is 0.115. The van der Waals surface area contributed by atoms with Crippen molar-refractivity contribution in [3.63, 3.8) is 0 Å². The van der Waals surface area contributed by atoms with E-state index in [9.17, 15) is 0 Å². The summed E-state index contributed by atoms with van der Waals surface area (Å²) in [5, 5.41) is 0. The molecule has 1 aliphatic carbocycles. The van der Waals surface area contributed by atoms with Crippen LogP contribution in [0.25, 0.3) is 0 Å². The Labute approximate surface area is 89.0 Å². The van der Waals surface area contributed by atoms with Gasteiger partial charge < -0.3 is 0 Å². The van der Waals surface area contributed by atoms with Gasteiger partial charge in [-0.25, -0.2) is 0 Å². The molecule has 82 valence electrons. The zero-order chi connectivity index (χ0) is 10.8. The molecule has 0 amide bonds. The van der Waals surface area contributed by atoms with Gasteiger partial charge in [-0.3, -0.25) is 4.99 Å². The van der Waals surface area contributed by atoms with Gasteiger partial charge in [-0.1, -0.05) is 34.1 Å². The van der Waals surface area contributed by atoms with Crippen molar-refractivity contribution in [3.05, 3.63) is 0 Å². The van der Waals surface area contributed by atoms with Gasteiger partial charge in [0.1, 0.15) is 0 Å². The van der Waals surface area contributed by atoms with E-state index in [0.29, 0.717) is 11.5 Å². The lowest BCUT2D eigenvalue weighted by Gasteiger charge is -2.40. The molecule has 1 aliphatic rings. The van der Waals surface area contributed by atoms with Crippen molar-refractivity contribution in [2.24, 2.45) is 22.2 Å². The van der Waals surface area contributed by atoms with Crippen LogP contribution in [0.2, 0.25) is 0 Å². The van der Waals surface area contributed by atoms with Gasteiger partial charge in [-0.05, 0) is 43.2 Å². The third-order valence-corrected chi connectivity index (χ3v) is 4.37. The van der Waals surface area contributed by atoms with Crippen molar-refractivity contribution in [2.75, 3.05) is 0 Å². The van der Waals surface area contributed by atoms with Gasteiger partial charge in [0.05, 0.1) is 6.04 Å². The van der Waals surface area contributed by atoms with Crippen molar-refractivity contribution in [3.8, 4) is 0 Å². The van der Waals surface area contributed by atoms with Crippen molar-refractivity contribution >= 4 is 6.72 Å². The quantitative estimate of drug-likeness (QED) is 0.605. The average Bonchev–Trinajstić information content (AvgIpc) is 2.17. The number of aliphatic imine (C=N–C) groups is 1. The van der Waals surface area contributed by atoms with Gasteiger partial charge in [0.25, 0.3) is 0 Å². The largest absolute Gasteiger partial charge is 0.297 e. The van der Waals surface area contributed by atoms with Gasteiger partial charge in [0.2, 0.25) is 0 Å². The fourth-order valence-corrected chi connectivity index (χ4v) is 2.65. The van der Waals surface area contributed by atoms with Crippen LogP contribution in [0.1, 0.15) is 53.4 Å². The zero-order valence-corrected chi connectivity index (χ0v) is 10.2. The molecule has 0 N–H and O–H groups in total. The molecule has 1 nitrogen and oxygen atoms in total. The minimum absolute atomic E-state index is 0.514. The van der Waals surface area contributed by atoms with E-state index >= 15 is 0 Å². The summed E-state index contributed by atoms with van der Waals surface area (Å²) < 4.78 is 0. The number of nitrogens with zero attached hydrogens (tertiary/aromatic N) is 1. The van der Waals surface area contributed by atoms with Crippen LogP contribution in [0.15, 0.2) is 4.99 Å². The Balaban J connectivity index is 2.58. The van der Waals surface area contributed by atoms with Crippen molar-refractivity contribution in [2.45, 2.75) is 59.4 Å². The predicted octanol–water partition coefficient (Wildman–Crippen LogP) is 3.93. The first-order valence-corrected chi connectivity index (χ1v) is 5.97. The molecule has 0 spiro atoms. The molecule has 0 bridgehead atoms. The number of hydrogen-bond acceptors (Lipinski definition) is 1. The van der Waals surface area contributed by atoms with Crippen molar-refractivity contribution < 1.29 is 0 Å². The number of hydrogen-bond donors (Lipinski definition) is 0. The lowest BCUT2D eigenvalue weighted by Crippen LogP contribution is -2.33. The highest BCUT2D eigenvalue weighted by Crippen LogP contribution is 2.42. The molecule has 3 unspecified atom stereocenters. The summed E-state index contributed by atoms with van der Waals surface area (Å²) in [6, 6.07) is 0.527. The van der Waals surface area contributed by atoms with E-state index in [0.717, 1.165) is 11.8 Å². The molecule has 0 aromatic heterocycles. The van der Waals surface area contributed by atoms with Gasteiger partial charge >= 0.3 is 0 Å². The molecule has 0 radical (unpaired) electrons. The topological polar surface area (TPSA) is 12.4 Å². The highest BCUT2D eigenvalue weighted by atomic mass is 14.8. The van der Waals surface area contributed by atoms with Gasteiger partial charge in [-0.15, -0.1) is 0 Å². The van der Waals surface area contributed by atoms with Gasteiger partial charge in [0, 0.05) is 0 Å². The smallest absolute Gasteiger partial charge is 0.0518 e. The summed E-state index contributed by atoms with van der Waals surface area (Å²) in [7, 11) is 0. The second kappa shape index (κ2) is 4.46. The second-order valence-electron chi connectivity index (χ2n) is 5.58. The van der Waals surface area contributed by atoms with Crippen LogP contribution in [-0.4, -0.2) is 12.8 Å². The fraction of sp³-hybridized carbons (Fsp3) is 0.923. The first-order chi connectivity index (χ1) is 6.51. The van der Waals surface area contributed by atoms with E-state index in [1.165, 1.54) is 25.7 Å². The SMILES string of the molecule is C=NC1CCC(C(C)(C)CC)CC1C. The van der Waals surface area contributed by atoms with E-state index in [2.05, 4.69) is 39.4 Å². The summed E-state index contributed by atoms with van der Waals surface area (Å²) in [6.07, 6.45) is 5.22. The Morgan fingerprint density at radius 3 is 2.43 bits per heavy atom.